The van der Waals surface area contributed by atoms with E-state index >= 15 is 0 Å². The number of halogens is 1. The number of aryl methyl sites for hydroxylation is 2. The van der Waals surface area contributed by atoms with E-state index in [0.29, 0.717) is 44.5 Å². The summed E-state index contributed by atoms with van der Waals surface area (Å²) in [7, 11) is 0. The van der Waals surface area contributed by atoms with E-state index in [0.717, 1.165) is 27.6 Å². The molecule has 2 heterocycles. The lowest BCUT2D eigenvalue weighted by atomic mass is 10.1. The number of morpholine rings is 1. The highest BCUT2D eigenvalue weighted by molar-refractivity contribution is 6.30. The monoisotopic (exact) mass is 423 g/mol. The van der Waals surface area contributed by atoms with Crippen molar-refractivity contribution in [2.24, 2.45) is 0 Å². The van der Waals surface area contributed by atoms with E-state index in [1.165, 1.54) is 5.56 Å². The molecule has 0 saturated carbocycles. The molecule has 156 valence electrons. The van der Waals surface area contributed by atoms with Gasteiger partial charge >= 0.3 is 6.03 Å². The summed E-state index contributed by atoms with van der Waals surface area (Å²) in [6, 6.07) is 16.3. The normalized spacial score (nSPS) is 14.2. The number of hydrogen-bond donors (Lipinski definition) is 0. The van der Waals surface area contributed by atoms with Crippen molar-refractivity contribution in [1.29, 1.82) is 0 Å². The molecule has 4 rings (SSSR count). The number of benzene rings is 2. The van der Waals surface area contributed by atoms with E-state index in [-0.39, 0.29) is 6.03 Å². The highest BCUT2D eigenvalue weighted by Gasteiger charge is 2.24. The van der Waals surface area contributed by atoms with E-state index in [1.54, 1.807) is 0 Å². The average molecular weight is 424 g/mol. The zero-order valence-corrected chi connectivity index (χ0v) is 18.2. The summed E-state index contributed by atoms with van der Waals surface area (Å²) in [6.45, 7) is 7.38. The maximum atomic E-state index is 13.3. The first-order valence-corrected chi connectivity index (χ1v) is 10.6. The zero-order chi connectivity index (χ0) is 21.1. The predicted octanol–water partition coefficient (Wildman–Crippen LogP) is 4.96. The van der Waals surface area contributed by atoms with Gasteiger partial charge in [-0.05, 0) is 37.1 Å². The summed E-state index contributed by atoms with van der Waals surface area (Å²) in [4.78, 5) is 21.7. The summed E-state index contributed by atoms with van der Waals surface area (Å²) in [5.41, 5.74) is 5.12. The molecule has 0 aliphatic carbocycles. The van der Waals surface area contributed by atoms with Gasteiger partial charge in [0.05, 0.1) is 25.3 Å². The summed E-state index contributed by atoms with van der Waals surface area (Å²) >= 11 is 6.57. The number of rotatable bonds is 4. The molecule has 30 heavy (non-hydrogen) atoms. The summed E-state index contributed by atoms with van der Waals surface area (Å²) < 4.78 is 5.41. The molecule has 1 aromatic heterocycles. The van der Waals surface area contributed by atoms with Gasteiger partial charge in [-0.2, -0.15) is 0 Å². The molecule has 1 saturated heterocycles. The fourth-order valence-corrected chi connectivity index (χ4v) is 4.14. The summed E-state index contributed by atoms with van der Waals surface area (Å²) in [5.74, 6) is 0. The topological polar surface area (TPSA) is 45.7 Å². The molecule has 0 bridgehead atoms. The van der Waals surface area contributed by atoms with Crippen molar-refractivity contribution in [2.75, 3.05) is 26.3 Å². The number of urea groups is 1. The zero-order valence-electron chi connectivity index (χ0n) is 17.4. The Balaban J connectivity index is 1.66. The minimum absolute atomic E-state index is 0.00117. The van der Waals surface area contributed by atoms with Crippen LogP contribution < -0.4 is 0 Å². The first-order chi connectivity index (χ1) is 14.5. The van der Waals surface area contributed by atoms with Crippen LogP contribution in [0.5, 0.6) is 0 Å². The van der Waals surface area contributed by atoms with Gasteiger partial charge in [-0.1, -0.05) is 53.6 Å². The van der Waals surface area contributed by atoms with Crippen LogP contribution in [0.3, 0.4) is 0 Å². The fourth-order valence-electron chi connectivity index (χ4n) is 3.94. The first kappa shape index (κ1) is 20.6. The lowest BCUT2D eigenvalue weighted by molar-refractivity contribution is 0.0419. The molecule has 2 aromatic carbocycles. The molecule has 0 spiro atoms. The van der Waals surface area contributed by atoms with Crippen molar-refractivity contribution >= 4 is 28.5 Å². The van der Waals surface area contributed by atoms with Crippen LogP contribution in [0.4, 0.5) is 4.79 Å². The number of hydrogen-bond acceptors (Lipinski definition) is 3. The molecule has 3 aromatic rings. The Morgan fingerprint density at radius 3 is 2.57 bits per heavy atom. The lowest BCUT2D eigenvalue weighted by Gasteiger charge is -2.33. The molecule has 0 N–H and O–H groups in total. The van der Waals surface area contributed by atoms with Crippen LogP contribution in [-0.4, -0.2) is 47.1 Å². The number of nitrogens with zero attached hydrogens (tertiary/aromatic N) is 3. The summed E-state index contributed by atoms with van der Waals surface area (Å²) in [6.07, 6.45) is 0. The molecule has 0 radical (unpaired) electrons. The van der Waals surface area contributed by atoms with E-state index in [1.807, 2.05) is 47.1 Å². The number of ether oxygens (including phenoxy) is 1. The van der Waals surface area contributed by atoms with Crippen LogP contribution >= 0.6 is 11.6 Å². The number of aromatic nitrogens is 1. The van der Waals surface area contributed by atoms with Crippen LogP contribution in [-0.2, 0) is 17.8 Å². The number of carbonyl (C=O) groups is 1. The van der Waals surface area contributed by atoms with Gasteiger partial charge in [-0.15, -0.1) is 0 Å². The number of pyridine rings is 1. The van der Waals surface area contributed by atoms with E-state index in [4.69, 9.17) is 16.3 Å². The van der Waals surface area contributed by atoms with Crippen molar-refractivity contribution < 1.29 is 9.53 Å². The van der Waals surface area contributed by atoms with Crippen LogP contribution in [0.1, 0.15) is 22.3 Å². The van der Waals surface area contributed by atoms with Crippen LogP contribution in [0.15, 0.2) is 48.5 Å². The van der Waals surface area contributed by atoms with Gasteiger partial charge in [0.15, 0.2) is 0 Å². The number of amides is 2. The second-order valence-corrected chi connectivity index (χ2v) is 8.17. The highest BCUT2D eigenvalue weighted by atomic mass is 35.5. The van der Waals surface area contributed by atoms with E-state index in [9.17, 15) is 4.79 Å². The third-order valence-electron chi connectivity index (χ3n) is 5.41. The van der Waals surface area contributed by atoms with Gasteiger partial charge in [0.1, 0.15) is 5.15 Å². The third kappa shape index (κ3) is 4.58. The minimum Gasteiger partial charge on any atom is -0.378 e. The molecule has 0 unspecified atom stereocenters. The Bertz CT molecular complexity index is 1050. The molecule has 2 amide bonds. The Kier molecular flexibility index (Phi) is 6.21. The molecular formula is C24H26ClN3O2. The second-order valence-electron chi connectivity index (χ2n) is 7.82. The van der Waals surface area contributed by atoms with Gasteiger partial charge < -0.3 is 14.5 Å². The first-order valence-electron chi connectivity index (χ1n) is 10.2. The van der Waals surface area contributed by atoms with Crippen molar-refractivity contribution in [3.8, 4) is 0 Å². The van der Waals surface area contributed by atoms with Gasteiger partial charge in [-0.25, -0.2) is 9.78 Å². The van der Waals surface area contributed by atoms with Crippen molar-refractivity contribution in [3.05, 3.63) is 75.9 Å². The molecule has 5 nitrogen and oxygen atoms in total. The fraction of sp³-hybridized carbons (Fsp3) is 0.333. The average Bonchev–Trinajstić information content (AvgIpc) is 2.75. The number of carbonyl (C=O) groups excluding carboxylic acids is 1. The van der Waals surface area contributed by atoms with Crippen molar-refractivity contribution in [2.45, 2.75) is 26.9 Å². The standard InChI is InChI=1S/C24H26ClN3O2/c1-17-12-18(2)22-20(13-17)14-21(23(25)26-22)16-28(15-19-6-4-3-5-7-19)24(29)27-8-10-30-11-9-27/h3-7,12-14H,8-11,15-16H2,1-2H3. The predicted molar refractivity (Wildman–Crippen MR) is 120 cm³/mol. The molecule has 1 fully saturated rings. The molecule has 1 aliphatic heterocycles. The smallest absolute Gasteiger partial charge is 0.320 e. The highest BCUT2D eigenvalue weighted by Crippen LogP contribution is 2.26. The molecule has 6 heteroatoms. The van der Waals surface area contributed by atoms with Gasteiger partial charge in [0, 0.05) is 30.6 Å². The van der Waals surface area contributed by atoms with Crippen LogP contribution in [0, 0.1) is 13.8 Å². The molecule has 0 atom stereocenters. The lowest BCUT2D eigenvalue weighted by Crippen LogP contribution is -2.47. The Morgan fingerprint density at radius 1 is 1.10 bits per heavy atom. The second kappa shape index (κ2) is 9.02. The van der Waals surface area contributed by atoms with E-state index < -0.39 is 0 Å². The SMILES string of the molecule is Cc1cc(C)c2nc(Cl)c(CN(Cc3ccccc3)C(=O)N3CCOCC3)cc2c1. The molecule has 1 aliphatic rings. The maximum Gasteiger partial charge on any atom is 0.320 e. The van der Waals surface area contributed by atoms with Crippen molar-refractivity contribution in [1.82, 2.24) is 14.8 Å². The van der Waals surface area contributed by atoms with Gasteiger partial charge in [0.25, 0.3) is 0 Å². The third-order valence-corrected chi connectivity index (χ3v) is 5.74. The largest absolute Gasteiger partial charge is 0.378 e. The Labute approximate surface area is 182 Å². The van der Waals surface area contributed by atoms with Gasteiger partial charge in [0.2, 0.25) is 0 Å². The summed E-state index contributed by atoms with van der Waals surface area (Å²) in [5, 5.41) is 1.49. The Hall–Kier alpha value is -2.63. The van der Waals surface area contributed by atoms with Gasteiger partial charge in [-0.3, -0.25) is 0 Å². The van der Waals surface area contributed by atoms with Crippen molar-refractivity contribution in [3.63, 3.8) is 0 Å². The Morgan fingerprint density at radius 2 is 1.83 bits per heavy atom. The van der Waals surface area contributed by atoms with Crippen LogP contribution in [0.25, 0.3) is 10.9 Å². The van der Waals surface area contributed by atoms with E-state index in [2.05, 4.69) is 30.1 Å². The minimum atomic E-state index is -0.00117. The quantitative estimate of drug-likeness (QED) is 0.557. The maximum absolute atomic E-state index is 13.3. The number of fused-ring (bicyclic) bond motifs is 1. The molecular weight excluding hydrogens is 398 g/mol. The van der Waals surface area contributed by atoms with Crippen LogP contribution in [0.2, 0.25) is 5.15 Å².